The first-order chi connectivity index (χ1) is 14.9. The third kappa shape index (κ3) is 5.66. The van der Waals surface area contributed by atoms with Crippen LogP contribution in [-0.4, -0.2) is 42.7 Å². The molecule has 1 amide bonds. The summed E-state index contributed by atoms with van der Waals surface area (Å²) in [6.07, 6.45) is 3.60. The SMILES string of the molecule is CCOC(=O)C(=N)c1ccc(C2=CCN(C=O)CC2)cc1NCc1ccc(Cl)cc1Cl. The smallest absolute Gasteiger partial charge is 0.356 e. The van der Waals surface area contributed by atoms with Crippen molar-refractivity contribution in [2.24, 2.45) is 0 Å². The van der Waals surface area contributed by atoms with Crippen LogP contribution in [0.3, 0.4) is 0 Å². The highest BCUT2D eigenvalue weighted by atomic mass is 35.5. The highest BCUT2D eigenvalue weighted by molar-refractivity contribution is 6.43. The van der Waals surface area contributed by atoms with Gasteiger partial charge in [0.05, 0.1) is 6.61 Å². The normalized spacial score (nSPS) is 13.4. The minimum absolute atomic E-state index is 0.197. The Hall–Kier alpha value is -2.83. The van der Waals surface area contributed by atoms with Gasteiger partial charge in [-0.3, -0.25) is 10.2 Å². The van der Waals surface area contributed by atoms with Crippen molar-refractivity contribution >= 4 is 52.6 Å². The first-order valence-electron chi connectivity index (χ1n) is 9.89. The van der Waals surface area contributed by atoms with Gasteiger partial charge in [0.2, 0.25) is 6.41 Å². The molecule has 2 N–H and O–H groups in total. The van der Waals surface area contributed by atoms with E-state index in [0.29, 0.717) is 40.9 Å². The minimum Gasteiger partial charge on any atom is -0.461 e. The number of nitrogens with one attached hydrogen (secondary N) is 2. The van der Waals surface area contributed by atoms with E-state index in [1.165, 1.54) is 0 Å². The standard InChI is InChI=1S/C23H23Cl2N3O3/c1-2-31-23(30)22(26)19-6-4-16(15-7-9-28(14-29)10-8-15)11-21(19)27-13-17-3-5-18(24)12-20(17)25/h3-7,11-12,14,26-27H,2,8-10,13H2,1H3. The molecule has 2 aromatic rings. The number of nitrogens with zero attached hydrogens (tertiary/aromatic N) is 1. The molecule has 162 valence electrons. The second kappa shape index (κ2) is 10.5. The fraction of sp³-hybridized carbons (Fsp3) is 0.261. The number of hydrogen-bond donors (Lipinski definition) is 2. The van der Waals surface area contributed by atoms with Gasteiger partial charge < -0.3 is 15.0 Å². The molecule has 0 bridgehead atoms. The number of halogens is 2. The number of carbonyl (C=O) groups is 2. The lowest BCUT2D eigenvalue weighted by molar-refractivity contribution is -0.135. The van der Waals surface area contributed by atoms with Gasteiger partial charge in [-0.25, -0.2) is 4.79 Å². The summed E-state index contributed by atoms with van der Waals surface area (Å²) >= 11 is 12.3. The minimum atomic E-state index is -0.679. The predicted octanol–water partition coefficient (Wildman–Crippen LogP) is 4.78. The molecule has 1 heterocycles. The number of rotatable bonds is 8. The lowest BCUT2D eigenvalue weighted by Crippen LogP contribution is -2.26. The molecule has 1 aliphatic rings. The van der Waals surface area contributed by atoms with Crippen LogP contribution in [0.15, 0.2) is 42.5 Å². The van der Waals surface area contributed by atoms with Crippen LogP contribution in [0.25, 0.3) is 5.57 Å². The Kier molecular flexibility index (Phi) is 7.71. The first-order valence-corrected chi connectivity index (χ1v) is 10.6. The number of esters is 1. The number of amides is 1. The first kappa shape index (κ1) is 22.8. The van der Waals surface area contributed by atoms with Crippen molar-refractivity contribution in [2.75, 3.05) is 25.0 Å². The number of ether oxygens (including phenoxy) is 1. The van der Waals surface area contributed by atoms with Gasteiger partial charge in [0.25, 0.3) is 0 Å². The summed E-state index contributed by atoms with van der Waals surface area (Å²) in [4.78, 5) is 24.8. The zero-order chi connectivity index (χ0) is 22.4. The van der Waals surface area contributed by atoms with Gasteiger partial charge in [-0.1, -0.05) is 41.4 Å². The lowest BCUT2D eigenvalue weighted by Gasteiger charge is -2.23. The van der Waals surface area contributed by atoms with Gasteiger partial charge in [-0.05, 0) is 54.3 Å². The molecule has 3 rings (SSSR count). The quantitative estimate of drug-likeness (QED) is 0.338. The van der Waals surface area contributed by atoms with Gasteiger partial charge in [0.1, 0.15) is 5.71 Å². The van der Waals surface area contributed by atoms with E-state index in [-0.39, 0.29) is 12.3 Å². The van der Waals surface area contributed by atoms with Gasteiger partial charge in [-0.2, -0.15) is 0 Å². The predicted molar refractivity (Wildman–Crippen MR) is 124 cm³/mol. The van der Waals surface area contributed by atoms with Gasteiger partial charge in [0.15, 0.2) is 0 Å². The molecule has 0 fully saturated rings. The van der Waals surface area contributed by atoms with E-state index in [2.05, 4.69) is 5.32 Å². The monoisotopic (exact) mass is 459 g/mol. The van der Waals surface area contributed by atoms with Crippen molar-refractivity contribution in [3.63, 3.8) is 0 Å². The van der Waals surface area contributed by atoms with Crippen molar-refractivity contribution in [1.29, 1.82) is 5.41 Å². The Bertz CT molecular complexity index is 1040. The summed E-state index contributed by atoms with van der Waals surface area (Å²) in [5, 5.41) is 12.7. The molecule has 0 spiro atoms. The van der Waals surface area contributed by atoms with E-state index < -0.39 is 5.97 Å². The maximum Gasteiger partial charge on any atom is 0.356 e. The Balaban J connectivity index is 1.91. The van der Waals surface area contributed by atoms with Gasteiger partial charge >= 0.3 is 5.97 Å². The molecule has 8 heteroatoms. The maximum absolute atomic E-state index is 12.2. The highest BCUT2D eigenvalue weighted by Gasteiger charge is 2.19. The van der Waals surface area contributed by atoms with E-state index in [0.717, 1.165) is 29.5 Å². The molecule has 0 saturated heterocycles. The molecule has 0 aliphatic carbocycles. The summed E-state index contributed by atoms with van der Waals surface area (Å²) < 4.78 is 5.00. The molecule has 6 nitrogen and oxygen atoms in total. The zero-order valence-corrected chi connectivity index (χ0v) is 18.6. The summed E-state index contributed by atoms with van der Waals surface area (Å²) in [5.74, 6) is -0.679. The Morgan fingerprint density at radius 1 is 1.26 bits per heavy atom. The van der Waals surface area contributed by atoms with Gasteiger partial charge in [0, 0.05) is 40.9 Å². The Morgan fingerprint density at radius 2 is 2.06 bits per heavy atom. The molecule has 0 aromatic heterocycles. The van der Waals surface area contributed by atoms with Crippen LogP contribution in [0.5, 0.6) is 0 Å². The van der Waals surface area contributed by atoms with Crippen molar-refractivity contribution in [3.05, 3.63) is 69.2 Å². The van der Waals surface area contributed by atoms with Crippen LogP contribution in [0, 0.1) is 5.41 Å². The third-order valence-corrected chi connectivity index (χ3v) is 5.60. The lowest BCUT2D eigenvalue weighted by atomic mass is 9.96. The number of carbonyl (C=O) groups excluding carboxylic acids is 2. The summed E-state index contributed by atoms with van der Waals surface area (Å²) in [6.45, 7) is 3.50. The van der Waals surface area contributed by atoms with E-state index in [1.807, 2.05) is 24.3 Å². The number of anilines is 1. The topological polar surface area (TPSA) is 82.5 Å². The van der Waals surface area contributed by atoms with Crippen LogP contribution in [0.4, 0.5) is 5.69 Å². The molecule has 2 aromatic carbocycles. The van der Waals surface area contributed by atoms with Crippen LogP contribution in [0.2, 0.25) is 10.0 Å². The summed E-state index contributed by atoms with van der Waals surface area (Å²) in [6, 6.07) is 10.8. The maximum atomic E-state index is 12.2. The Labute approximate surface area is 191 Å². The van der Waals surface area contributed by atoms with Crippen LogP contribution in [0.1, 0.15) is 30.0 Å². The van der Waals surface area contributed by atoms with Crippen LogP contribution in [-0.2, 0) is 20.9 Å². The zero-order valence-electron chi connectivity index (χ0n) is 17.1. The fourth-order valence-corrected chi connectivity index (χ4v) is 3.80. The molecule has 0 saturated carbocycles. The second-order valence-electron chi connectivity index (χ2n) is 7.02. The molecule has 1 aliphatic heterocycles. The van der Waals surface area contributed by atoms with Crippen molar-refractivity contribution in [1.82, 2.24) is 4.90 Å². The molecule has 0 unspecified atom stereocenters. The van der Waals surface area contributed by atoms with Crippen molar-refractivity contribution in [2.45, 2.75) is 19.9 Å². The average molecular weight is 460 g/mol. The summed E-state index contributed by atoms with van der Waals surface area (Å²) in [5.41, 5.74) is 3.76. The molecule has 0 atom stereocenters. The van der Waals surface area contributed by atoms with Gasteiger partial charge in [-0.15, -0.1) is 0 Å². The molecule has 31 heavy (non-hydrogen) atoms. The van der Waals surface area contributed by atoms with E-state index >= 15 is 0 Å². The van der Waals surface area contributed by atoms with E-state index in [1.54, 1.807) is 30.0 Å². The second-order valence-corrected chi connectivity index (χ2v) is 7.87. The molecular weight excluding hydrogens is 437 g/mol. The third-order valence-electron chi connectivity index (χ3n) is 5.01. The average Bonchev–Trinajstić information content (AvgIpc) is 2.78. The van der Waals surface area contributed by atoms with E-state index in [4.69, 9.17) is 33.3 Å². The number of benzene rings is 2. The van der Waals surface area contributed by atoms with Crippen LogP contribution < -0.4 is 5.32 Å². The fourth-order valence-electron chi connectivity index (χ4n) is 3.32. The molecule has 0 radical (unpaired) electrons. The van der Waals surface area contributed by atoms with E-state index in [9.17, 15) is 9.59 Å². The summed E-state index contributed by atoms with van der Waals surface area (Å²) in [7, 11) is 0. The Morgan fingerprint density at radius 3 is 2.71 bits per heavy atom. The highest BCUT2D eigenvalue weighted by Crippen LogP contribution is 2.29. The largest absolute Gasteiger partial charge is 0.461 e. The van der Waals surface area contributed by atoms with Crippen molar-refractivity contribution < 1.29 is 14.3 Å². The number of hydrogen-bond acceptors (Lipinski definition) is 5. The van der Waals surface area contributed by atoms with Crippen molar-refractivity contribution in [3.8, 4) is 0 Å². The van der Waals surface area contributed by atoms with Crippen LogP contribution >= 0.6 is 23.2 Å². The molecular formula is C23H23Cl2N3O3.